The number of benzene rings is 2. The number of pyridine rings is 1. The van der Waals surface area contributed by atoms with Crippen LogP contribution in [0, 0.1) is 5.41 Å². The van der Waals surface area contributed by atoms with Crippen LogP contribution in [0.3, 0.4) is 0 Å². The van der Waals surface area contributed by atoms with E-state index in [2.05, 4.69) is 50.7 Å². The Hall–Kier alpha value is -3.09. The van der Waals surface area contributed by atoms with E-state index in [4.69, 9.17) is 27.1 Å². The predicted molar refractivity (Wildman–Crippen MR) is 159 cm³/mol. The highest BCUT2D eigenvalue weighted by molar-refractivity contribution is 6.33. The molecule has 1 amide bonds. The van der Waals surface area contributed by atoms with Gasteiger partial charge in [0.05, 0.1) is 22.8 Å². The maximum Gasteiger partial charge on any atom is 0.250 e. The molecule has 3 aromatic rings. The summed E-state index contributed by atoms with van der Waals surface area (Å²) in [6.45, 7) is 9.99. The zero-order valence-corrected chi connectivity index (χ0v) is 24.5. The summed E-state index contributed by atoms with van der Waals surface area (Å²) >= 11 is 6.22. The number of primary amides is 1. The van der Waals surface area contributed by atoms with Crippen LogP contribution in [-0.4, -0.2) is 43.0 Å². The lowest BCUT2D eigenvalue weighted by Gasteiger charge is -2.37. The number of nitrogens with two attached hydrogens (primary N) is 1. The van der Waals surface area contributed by atoms with Gasteiger partial charge >= 0.3 is 0 Å². The molecule has 5 rings (SSSR count). The molecule has 0 spiro atoms. The van der Waals surface area contributed by atoms with E-state index < -0.39 is 5.91 Å². The molecule has 1 aliphatic heterocycles. The van der Waals surface area contributed by atoms with Gasteiger partial charge in [0.2, 0.25) is 5.91 Å². The second-order valence-electron chi connectivity index (χ2n) is 11.9. The van der Waals surface area contributed by atoms with Crippen molar-refractivity contribution in [3.05, 3.63) is 75.1 Å². The van der Waals surface area contributed by atoms with E-state index in [1.165, 1.54) is 28.2 Å². The Balaban J connectivity index is 1.60. The fourth-order valence-electron chi connectivity index (χ4n) is 6.01. The van der Waals surface area contributed by atoms with E-state index in [0.29, 0.717) is 17.2 Å². The zero-order valence-electron chi connectivity index (χ0n) is 23.7. The molecule has 2 aromatic carbocycles. The number of carbonyl (C=O) groups is 1. The summed E-state index contributed by atoms with van der Waals surface area (Å²) in [6.07, 6.45) is 4.14. The van der Waals surface area contributed by atoms with Crippen LogP contribution in [0.1, 0.15) is 65.6 Å². The van der Waals surface area contributed by atoms with Gasteiger partial charge in [0.15, 0.2) is 0 Å². The van der Waals surface area contributed by atoms with Gasteiger partial charge in [0, 0.05) is 30.0 Å². The van der Waals surface area contributed by atoms with Gasteiger partial charge in [0.25, 0.3) is 0 Å². The minimum Gasteiger partial charge on any atom is -0.491 e. The number of ether oxygens (including phenoxy) is 1. The molecule has 39 heavy (non-hydrogen) atoms. The Labute approximate surface area is 237 Å². The summed E-state index contributed by atoms with van der Waals surface area (Å²) in [5.74, 6) is 0.372. The third-order valence-corrected chi connectivity index (χ3v) is 8.30. The molecule has 0 saturated heterocycles. The molecule has 2 aliphatic rings. The van der Waals surface area contributed by atoms with Crippen molar-refractivity contribution >= 4 is 23.2 Å². The highest BCUT2D eigenvalue weighted by atomic mass is 35.5. The van der Waals surface area contributed by atoms with Gasteiger partial charge in [0.1, 0.15) is 12.4 Å². The van der Waals surface area contributed by atoms with Crippen LogP contribution in [0.25, 0.3) is 11.1 Å². The molecule has 206 valence electrons. The van der Waals surface area contributed by atoms with Gasteiger partial charge in [-0.25, -0.2) is 0 Å². The van der Waals surface area contributed by atoms with Crippen molar-refractivity contribution in [3.63, 3.8) is 0 Å². The van der Waals surface area contributed by atoms with Gasteiger partial charge < -0.3 is 20.3 Å². The van der Waals surface area contributed by atoms with Gasteiger partial charge in [-0.3, -0.25) is 9.78 Å². The fourth-order valence-corrected chi connectivity index (χ4v) is 6.22. The molecule has 2 N–H and O–H groups in total. The molecular formula is C32H39ClN4O2. The minimum atomic E-state index is -0.530. The second kappa shape index (κ2) is 10.8. The van der Waals surface area contributed by atoms with Crippen LogP contribution in [-0.2, 0) is 32.4 Å². The highest BCUT2D eigenvalue weighted by Gasteiger charge is 2.33. The Bertz CT molecular complexity index is 1420. The number of rotatable bonds is 6. The molecule has 0 radical (unpaired) electrons. The second-order valence-corrected chi connectivity index (χ2v) is 12.3. The van der Waals surface area contributed by atoms with Crippen LogP contribution in [0.15, 0.2) is 36.4 Å². The normalized spacial score (nSPS) is 16.3. The number of hydrogen-bond acceptors (Lipinski definition) is 5. The molecule has 0 atom stereocenters. The first-order valence-corrected chi connectivity index (χ1v) is 14.2. The smallest absolute Gasteiger partial charge is 0.250 e. The van der Waals surface area contributed by atoms with Crippen LogP contribution in [0.4, 0.5) is 5.69 Å². The lowest BCUT2D eigenvalue weighted by Crippen LogP contribution is -2.32. The lowest BCUT2D eigenvalue weighted by atomic mass is 9.74. The van der Waals surface area contributed by atoms with Crippen molar-refractivity contribution in [2.24, 2.45) is 11.1 Å². The van der Waals surface area contributed by atoms with E-state index in [9.17, 15) is 4.79 Å². The van der Waals surface area contributed by atoms with E-state index in [-0.39, 0.29) is 5.41 Å². The number of aryl methyl sites for hydroxylation is 1. The van der Waals surface area contributed by atoms with Gasteiger partial charge in [-0.15, -0.1) is 0 Å². The first-order valence-electron chi connectivity index (χ1n) is 13.8. The van der Waals surface area contributed by atoms with E-state index >= 15 is 0 Å². The molecular weight excluding hydrogens is 508 g/mol. The molecule has 1 aliphatic carbocycles. The van der Waals surface area contributed by atoms with Crippen LogP contribution in [0.2, 0.25) is 5.02 Å². The Kier molecular flexibility index (Phi) is 7.62. The monoisotopic (exact) mass is 546 g/mol. The number of nitrogens with zero attached hydrogens (tertiary/aromatic N) is 3. The summed E-state index contributed by atoms with van der Waals surface area (Å²) in [7, 11) is 4.22. The minimum absolute atomic E-state index is 0.248. The summed E-state index contributed by atoms with van der Waals surface area (Å²) in [4.78, 5) is 21.9. The highest BCUT2D eigenvalue weighted by Crippen LogP contribution is 2.43. The summed E-state index contributed by atoms with van der Waals surface area (Å²) in [6, 6.07) is 11.7. The Morgan fingerprint density at radius 2 is 1.92 bits per heavy atom. The molecule has 2 heterocycles. The first kappa shape index (κ1) is 27.5. The predicted octanol–water partition coefficient (Wildman–Crippen LogP) is 6.04. The zero-order chi connectivity index (χ0) is 27.9. The summed E-state index contributed by atoms with van der Waals surface area (Å²) in [5.41, 5.74) is 15.7. The maximum absolute atomic E-state index is 11.9. The number of hydrogen-bond donors (Lipinski definition) is 1. The lowest BCUT2D eigenvalue weighted by molar-refractivity contribution is 0.100. The van der Waals surface area contributed by atoms with Crippen LogP contribution < -0.4 is 15.4 Å². The van der Waals surface area contributed by atoms with Crippen molar-refractivity contribution in [1.29, 1.82) is 0 Å². The molecule has 0 bridgehead atoms. The summed E-state index contributed by atoms with van der Waals surface area (Å²) < 4.78 is 6.26. The molecule has 0 unspecified atom stereocenters. The average Bonchev–Trinajstić information content (AvgIpc) is 3.09. The standard InChI is InChI=1S/C32H39ClN4O2/c1-6-23-28(19-36(4)5)35-27-11-12-32(2,3)17-25(27)30(23)37-13-14-39-29-10-8-20(15-22(29)18-37)21-7-9-26(33)24(16-21)31(34)38/h7-10,15-16H,6,11-14,17-19H2,1-5H3,(H2,34,38). The van der Waals surface area contributed by atoms with Crippen molar-refractivity contribution < 1.29 is 9.53 Å². The van der Waals surface area contributed by atoms with Crippen molar-refractivity contribution in [2.75, 3.05) is 32.1 Å². The first-order chi connectivity index (χ1) is 18.6. The number of carbonyl (C=O) groups excluding carboxylic acids is 1. The van der Waals surface area contributed by atoms with E-state index in [1.807, 2.05) is 18.2 Å². The molecule has 6 nitrogen and oxygen atoms in total. The summed E-state index contributed by atoms with van der Waals surface area (Å²) in [5, 5.41) is 0.363. The van der Waals surface area contributed by atoms with E-state index in [0.717, 1.165) is 67.8 Å². The maximum atomic E-state index is 11.9. The molecule has 1 aromatic heterocycles. The Morgan fingerprint density at radius 1 is 1.18 bits per heavy atom. The van der Waals surface area contributed by atoms with Gasteiger partial charge in [-0.2, -0.15) is 0 Å². The number of halogens is 1. The molecule has 0 fully saturated rings. The van der Waals surface area contributed by atoms with Gasteiger partial charge in [-0.05, 0) is 91.7 Å². The molecule has 0 saturated carbocycles. The third-order valence-electron chi connectivity index (χ3n) is 7.97. The molecule has 7 heteroatoms. The fraction of sp³-hybridized carbons (Fsp3) is 0.438. The Morgan fingerprint density at radius 3 is 2.64 bits per heavy atom. The quantitative estimate of drug-likeness (QED) is 0.408. The van der Waals surface area contributed by atoms with Gasteiger partial charge in [-0.1, -0.05) is 44.5 Å². The van der Waals surface area contributed by atoms with Crippen molar-refractivity contribution in [2.45, 2.75) is 59.5 Å². The van der Waals surface area contributed by atoms with Crippen LogP contribution >= 0.6 is 11.6 Å². The SMILES string of the molecule is CCc1c(CN(C)C)nc2c(c1N1CCOc3ccc(-c4ccc(Cl)c(C(N)=O)c4)cc3C1)CC(C)(C)CC2. The number of aromatic nitrogens is 1. The number of amides is 1. The number of anilines is 1. The number of fused-ring (bicyclic) bond motifs is 2. The van der Waals surface area contributed by atoms with Crippen molar-refractivity contribution in [3.8, 4) is 16.9 Å². The van der Waals surface area contributed by atoms with Crippen LogP contribution in [0.5, 0.6) is 5.75 Å². The van der Waals surface area contributed by atoms with E-state index in [1.54, 1.807) is 12.1 Å². The third kappa shape index (κ3) is 5.64. The average molecular weight is 547 g/mol. The largest absolute Gasteiger partial charge is 0.491 e. The topological polar surface area (TPSA) is 71.7 Å². The van der Waals surface area contributed by atoms with Crippen molar-refractivity contribution in [1.82, 2.24) is 9.88 Å².